The van der Waals surface area contributed by atoms with E-state index in [1.807, 2.05) is 30.3 Å². The number of rotatable bonds is 4. The summed E-state index contributed by atoms with van der Waals surface area (Å²) in [6.07, 6.45) is -0.376. The molecule has 2 aliphatic heterocycles. The van der Waals surface area contributed by atoms with Gasteiger partial charge >= 0.3 is 12.1 Å². The van der Waals surface area contributed by atoms with Crippen LogP contribution in [0, 0.1) is 5.41 Å². The summed E-state index contributed by atoms with van der Waals surface area (Å²) in [5.74, 6) is -0.699. The highest BCUT2D eigenvalue weighted by Gasteiger charge is 2.63. The van der Waals surface area contributed by atoms with Gasteiger partial charge in [0.25, 0.3) is 0 Å². The summed E-state index contributed by atoms with van der Waals surface area (Å²) < 4.78 is 10.9. The van der Waals surface area contributed by atoms with E-state index in [2.05, 4.69) is 4.90 Å². The summed E-state index contributed by atoms with van der Waals surface area (Å²) in [4.78, 5) is 42.5. The number of ether oxygens (including phenoxy) is 2. The monoisotopic (exact) mass is 402 g/mol. The standard InChI is InChI=1S/C22H30N2O5/c1-5-28-19(26)22-15-23(13-16-9-7-6-8-10-16)14-17(22)24(12-11-18(22)25)20(27)29-21(2,3)4/h6-10,17H,5,11-15H2,1-4H3/t17-,22-/m0/s1. The number of nitrogens with zero attached hydrogens (tertiary/aromatic N) is 2. The first-order chi connectivity index (χ1) is 13.7. The van der Waals surface area contributed by atoms with E-state index in [4.69, 9.17) is 9.47 Å². The van der Waals surface area contributed by atoms with Gasteiger partial charge in [0.15, 0.2) is 11.2 Å². The predicted molar refractivity (Wildman–Crippen MR) is 107 cm³/mol. The summed E-state index contributed by atoms with van der Waals surface area (Å²) in [5.41, 5.74) is -0.936. The fourth-order valence-corrected chi connectivity index (χ4v) is 4.24. The van der Waals surface area contributed by atoms with Crippen molar-refractivity contribution < 1.29 is 23.9 Å². The largest absolute Gasteiger partial charge is 0.465 e. The lowest BCUT2D eigenvalue weighted by Gasteiger charge is -2.42. The average Bonchev–Trinajstić information content (AvgIpc) is 3.02. The third-order valence-corrected chi connectivity index (χ3v) is 5.44. The maximum Gasteiger partial charge on any atom is 0.410 e. The number of esters is 1. The quantitative estimate of drug-likeness (QED) is 0.569. The number of amides is 1. The van der Waals surface area contributed by atoms with Gasteiger partial charge in [-0.05, 0) is 33.3 Å². The molecular weight excluding hydrogens is 372 g/mol. The molecule has 1 aromatic rings. The first-order valence-corrected chi connectivity index (χ1v) is 10.1. The molecular formula is C22H30N2O5. The SMILES string of the molecule is CCOC(=O)[C@@]12CN(Cc3ccccc3)C[C@@H]1N(C(=O)OC(C)(C)C)CCC2=O. The van der Waals surface area contributed by atoms with Crippen LogP contribution in [0.1, 0.15) is 39.7 Å². The number of likely N-dealkylation sites (tertiary alicyclic amines) is 2. The molecule has 2 fully saturated rings. The predicted octanol–water partition coefficient (Wildman–Crippen LogP) is 2.63. The van der Waals surface area contributed by atoms with E-state index in [0.717, 1.165) is 5.56 Å². The Morgan fingerprint density at radius 3 is 2.52 bits per heavy atom. The molecule has 2 saturated heterocycles. The summed E-state index contributed by atoms with van der Waals surface area (Å²) in [7, 11) is 0. The Bertz CT molecular complexity index is 773. The minimum absolute atomic E-state index is 0.119. The van der Waals surface area contributed by atoms with Crippen LogP contribution in [-0.2, 0) is 25.6 Å². The lowest BCUT2D eigenvalue weighted by Crippen LogP contribution is -2.62. The van der Waals surface area contributed by atoms with Crippen LogP contribution < -0.4 is 0 Å². The van der Waals surface area contributed by atoms with E-state index in [1.54, 1.807) is 32.6 Å². The maximum absolute atomic E-state index is 13.1. The number of carbonyl (C=O) groups excluding carboxylic acids is 3. The zero-order valence-corrected chi connectivity index (χ0v) is 17.6. The van der Waals surface area contributed by atoms with Gasteiger partial charge in [-0.25, -0.2) is 4.79 Å². The maximum atomic E-state index is 13.1. The lowest BCUT2D eigenvalue weighted by molar-refractivity contribution is -0.165. The molecule has 158 valence electrons. The van der Waals surface area contributed by atoms with Gasteiger partial charge in [-0.3, -0.25) is 14.5 Å². The highest BCUT2D eigenvalue weighted by atomic mass is 16.6. The van der Waals surface area contributed by atoms with Gasteiger partial charge in [0.05, 0.1) is 12.6 Å². The van der Waals surface area contributed by atoms with Crippen LogP contribution in [0.2, 0.25) is 0 Å². The van der Waals surface area contributed by atoms with Crippen molar-refractivity contribution in [2.24, 2.45) is 5.41 Å². The second-order valence-electron chi connectivity index (χ2n) is 8.71. The molecule has 0 aliphatic carbocycles. The number of hydrogen-bond donors (Lipinski definition) is 0. The number of hydrogen-bond acceptors (Lipinski definition) is 6. The Morgan fingerprint density at radius 1 is 1.21 bits per heavy atom. The van der Waals surface area contributed by atoms with E-state index in [-0.39, 0.29) is 31.9 Å². The highest BCUT2D eigenvalue weighted by molar-refractivity contribution is 6.06. The molecule has 29 heavy (non-hydrogen) atoms. The van der Waals surface area contributed by atoms with Gasteiger partial charge in [-0.1, -0.05) is 30.3 Å². The van der Waals surface area contributed by atoms with Crippen molar-refractivity contribution in [3.05, 3.63) is 35.9 Å². The summed E-state index contributed by atoms with van der Waals surface area (Å²) in [5, 5.41) is 0. The van der Waals surface area contributed by atoms with Crippen LogP contribution >= 0.6 is 0 Å². The minimum Gasteiger partial charge on any atom is -0.465 e. The number of ketones is 1. The van der Waals surface area contributed by atoms with Crippen molar-refractivity contribution in [3.8, 4) is 0 Å². The number of benzene rings is 1. The zero-order chi connectivity index (χ0) is 21.2. The molecule has 2 heterocycles. The van der Waals surface area contributed by atoms with Crippen molar-refractivity contribution in [1.82, 2.24) is 9.80 Å². The molecule has 1 amide bonds. The molecule has 0 spiro atoms. The molecule has 2 atom stereocenters. The van der Waals surface area contributed by atoms with Crippen molar-refractivity contribution in [2.45, 2.75) is 52.3 Å². The van der Waals surface area contributed by atoms with Crippen molar-refractivity contribution in [2.75, 3.05) is 26.2 Å². The molecule has 0 radical (unpaired) electrons. The molecule has 0 N–H and O–H groups in total. The molecule has 7 nitrogen and oxygen atoms in total. The first-order valence-electron chi connectivity index (χ1n) is 10.1. The van der Waals surface area contributed by atoms with Gasteiger partial charge in [0, 0.05) is 32.6 Å². The Hall–Kier alpha value is -2.41. The third-order valence-electron chi connectivity index (χ3n) is 5.44. The number of fused-ring (bicyclic) bond motifs is 1. The van der Waals surface area contributed by atoms with Crippen LogP contribution in [0.25, 0.3) is 0 Å². The lowest BCUT2D eigenvalue weighted by atomic mass is 9.74. The van der Waals surface area contributed by atoms with Crippen LogP contribution in [0.4, 0.5) is 4.79 Å². The minimum atomic E-state index is -1.36. The van der Waals surface area contributed by atoms with Crippen LogP contribution in [-0.4, -0.2) is 65.5 Å². The van der Waals surface area contributed by atoms with Crippen LogP contribution in [0.3, 0.4) is 0 Å². The van der Waals surface area contributed by atoms with E-state index in [9.17, 15) is 14.4 Å². The summed E-state index contributed by atoms with van der Waals surface area (Å²) in [6, 6.07) is 9.27. The normalized spacial score (nSPS) is 24.9. The fraction of sp³-hybridized carbons (Fsp3) is 0.591. The van der Waals surface area contributed by atoms with Crippen LogP contribution in [0.15, 0.2) is 30.3 Å². The van der Waals surface area contributed by atoms with Crippen molar-refractivity contribution in [1.29, 1.82) is 0 Å². The van der Waals surface area contributed by atoms with Crippen molar-refractivity contribution in [3.63, 3.8) is 0 Å². The van der Waals surface area contributed by atoms with E-state index in [0.29, 0.717) is 13.1 Å². The Kier molecular flexibility index (Phi) is 5.98. The van der Waals surface area contributed by atoms with Crippen molar-refractivity contribution >= 4 is 17.8 Å². The Balaban J connectivity index is 1.92. The molecule has 0 aromatic heterocycles. The number of piperidine rings is 1. The highest BCUT2D eigenvalue weighted by Crippen LogP contribution is 2.42. The Morgan fingerprint density at radius 2 is 1.90 bits per heavy atom. The number of carbonyl (C=O) groups is 3. The van der Waals surface area contributed by atoms with E-state index in [1.165, 1.54) is 0 Å². The molecule has 3 rings (SSSR count). The van der Waals surface area contributed by atoms with Gasteiger partial charge < -0.3 is 14.4 Å². The van der Waals surface area contributed by atoms with Gasteiger partial charge in [0.2, 0.25) is 0 Å². The van der Waals surface area contributed by atoms with Gasteiger partial charge in [-0.2, -0.15) is 0 Å². The smallest absolute Gasteiger partial charge is 0.410 e. The number of Topliss-reactive ketones (excluding diaryl/α,β-unsaturated/α-hetero) is 1. The third kappa shape index (κ3) is 4.29. The van der Waals surface area contributed by atoms with E-state index < -0.39 is 29.1 Å². The topological polar surface area (TPSA) is 76.2 Å². The summed E-state index contributed by atoms with van der Waals surface area (Å²) in [6.45, 7) is 8.80. The molecule has 0 unspecified atom stereocenters. The van der Waals surface area contributed by atoms with Crippen LogP contribution in [0.5, 0.6) is 0 Å². The molecule has 0 saturated carbocycles. The molecule has 2 aliphatic rings. The zero-order valence-electron chi connectivity index (χ0n) is 17.6. The first kappa shape index (κ1) is 21.3. The van der Waals surface area contributed by atoms with Gasteiger partial charge in [-0.15, -0.1) is 0 Å². The van der Waals surface area contributed by atoms with E-state index >= 15 is 0 Å². The fourth-order valence-electron chi connectivity index (χ4n) is 4.24. The molecule has 0 bridgehead atoms. The average molecular weight is 402 g/mol. The van der Waals surface area contributed by atoms with Gasteiger partial charge in [0.1, 0.15) is 5.60 Å². The Labute approximate surface area is 171 Å². The molecule has 1 aromatic carbocycles. The second kappa shape index (κ2) is 8.14. The summed E-state index contributed by atoms with van der Waals surface area (Å²) >= 11 is 0. The second-order valence-corrected chi connectivity index (χ2v) is 8.71. The molecule has 7 heteroatoms.